The molecule has 0 fully saturated rings. The van der Waals surface area contributed by atoms with Crippen LogP contribution in [0, 0.1) is 0 Å². The van der Waals surface area contributed by atoms with Crippen molar-refractivity contribution >= 4 is 16.7 Å². The minimum atomic E-state index is 0.669. The first-order valence-corrected chi connectivity index (χ1v) is 7.19. The van der Waals surface area contributed by atoms with Gasteiger partial charge in [-0.2, -0.15) is 0 Å². The van der Waals surface area contributed by atoms with Crippen molar-refractivity contribution in [2.75, 3.05) is 26.2 Å². The Bertz CT molecular complexity index is 795. The Balaban J connectivity index is 1.93. The molecule has 0 N–H and O–H groups in total. The molecule has 0 aliphatic heterocycles. The molecule has 2 aromatic heterocycles. The van der Waals surface area contributed by atoms with Crippen molar-refractivity contribution in [2.45, 2.75) is 6.54 Å². The molecular weight excluding hydrogens is 292 g/mol. The van der Waals surface area contributed by atoms with Gasteiger partial charge in [0.15, 0.2) is 0 Å². The normalized spacial score (nSPS) is 10.6. The summed E-state index contributed by atoms with van der Waals surface area (Å²) < 4.78 is 10.6. The highest BCUT2D eigenvalue weighted by atomic mass is 16.5. The van der Waals surface area contributed by atoms with E-state index in [2.05, 4.69) is 19.9 Å². The zero-order valence-electron chi connectivity index (χ0n) is 13.4. The predicted molar refractivity (Wildman–Crippen MR) is 89.0 cm³/mol. The Labute approximate surface area is 134 Å². The molecule has 6 nitrogen and oxygen atoms in total. The first kappa shape index (κ1) is 15.0. The van der Waals surface area contributed by atoms with Crippen molar-refractivity contribution < 1.29 is 9.47 Å². The van der Waals surface area contributed by atoms with E-state index < -0.39 is 0 Å². The number of aromatic nitrogens is 3. The van der Waals surface area contributed by atoms with Gasteiger partial charge < -0.3 is 14.4 Å². The number of anilines is 1. The van der Waals surface area contributed by atoms with Gasteiger partial charge in [0.2, 0.25) is 0 Å². The summed E-state index contributed by atoms with van der Waals surface area (Å²) >= 11 is 0. The fourth-order valence-electron chi connectivity index (χ4n) is 2.50. The zero-order chi connectivity index (χ0) is 16.2. The maximum atomic E-state index is 5.32. The van der Waals surface area contributed by atoms with Gasteiger partial charge in [-0.25, -0.2) is 9.97 Å². The van der Waals surface area contributed by atoms with Crippen LogP contribution >= 0.6 is 0 Å². The molecule has 0 radical (unpaired) electrons. The summed E-state index contributed by atoms with van der Waals surface area (Å²) in [4.78, 5) is 14.8. The summed E-state index contributed by atoms with van der Waals surface area (Å²) in [6, 6.07) is 7.76. The van der Waals surface area contributed by atoms with E-state index in [1.807, 2.05) is 31.3 Å². The third kappa shape index (κ3) is 3.15. The number of rotatable bonds is 5. The van der Waals surface area contributed by atoms with Crippen LogP contribution in [0.5, 0.6) is 11.5 Å². The van der Waals surface area contributed by atoms with Crippen molar-refractivity contribution in [3.63, 3.8) is 0 Å². The van der Waals surface area contributed by atoms with E-state index in [1.54, 1.807) is 32.9 Å². The molecule has 0 unspecified atom stereocenters. The van der Waals surface area contributed by atoms with E-state index in [9.17, 15) is 0 Å². The van der Waals surface area contributed by atoms with Crippen molar-refractivity contribution in [2.24, 2.45) is 0 Å². The van der Waals surface area contributed by atoms with Crippen LogP contribution in [-0.4, -0.2) is 36.2 Å². The number of pyridine rings is 1. The molecule has 23 heavy (non-hydrogen) atoms. The first-order chi connectivity index (χ1) is 11.2. The molecule has 1 aromatic carbocycles. The molecule has 0 saturated heterocycles. The van der Waals surface area contributed by atoms with Crippen molar-refractivity contribution in [1.82, 2.24) is 15.0 Å². The van der Waals surface area contributed by atoms with Crippen LogP contribution in [0.3, 0.4) is 0 Å². The zero-order valence-corrected chi connectivity index (χ0v) is 13.4. The Kier molecular flexibility index (Phi) is 4.23. The third-order valence-electron chi connectivity index (χ3n) is 3.61. The van der Waals surface area contributed by atoms with Crippen molar-refractivity contribution in [3.8, 4) is 11.5 Å². The third-order valence-corrected chi connectivity index (χ3v) is 3.61. The molecular formula is C17H18N4O2. The number of fused-ring (bicyclic) bond motifs is 1. The summed E-state index contributed by atoms with van der Waals surface area (Å²) in [5.74, 6) is 2.40. The fraction of sp³-hybridized carbons (Fsp3) is 0.235. The van der Waals surface area contributed by atoms with E-state index in [0.717, 1.165) is 33.8 Å². The molecule has 6 heteroatoms. The average molecular weight is 310 g/mol. The smallest absolute Gasteiger partial charge is 0.140 e. The van der Waals surface area contributed by atoms with Crippen LogP contribution in [-0.2, 0) is 6.54 Å². The monoisotopic (exact) mass is 310 g/mol. The van der Waals surface area contributed by atoms with Crippen LogP contribution in [0.1, 0.15) is 5.56 Å². The summed E-state index contributed by atoms with van der Waals surface area (Å²) in [5, 5.41) is 0.972. The Morgan fingerprint density at radius 3 is 2.48 bits per heavy atom. The van der Waals surface area contributed by atoms with Gasteiger partial charge >= 0.3 is 0 Å². The van der Waals surface area contributed by atoms with Gasteiger partial charge in [0, 0.05) is 31.2 Å². The van der Waals surface area contributed by atoms with Gasteiger partial charge in [0.25, 0.3) is 0 Å². The molecule has 3 aromatic rings. The number of ether oxygens (including phenoxy) is 2. The second kappa shape index (κ2) is 6.48. The lowest BCUT2D eigenvalue weighted by molar-refractivity contribution is 0.393. The van der Waals surface area contributed by atoms with E-state index in [4.69, 9.17) is 9.47 Å². The molecule has 0 bridgehead atoms. The number of benzene rings is 1. The number of hydrogen-bond donors (Lipinski definition) is 0. The fourth-order valence-corrected chi connectivity index (χ4v) is 2.50. The second-order valence-corrected chi connectivity index (χ2v) is 5.17. The van der Waals surface area contributed by atoms with E-state index in [-0.39, 0.29) is 0 Å². The average Bonchev–Trinajstić information content (AvgIpc) is 2.60. The first-order valence-electron chi connectivity index (χ1n) is 7.19. The maximum Gasteiger partial charge on any atom is 0.140 e. The number of hydrogen-bond acceptors (Lipinski definition) is 6. The predicted octanol–water partition coefficient (Wildman–Crippen LogP) is 2.68. The topological polar surface area (TPSA) is 60.4 Å². The quantitative estimate of drug-likeness (QED) is 0.722. The minimum absolute atomic E-state index is 0.669. The SMILES string of the molecule is COc1cc(CN(C)c2ncnc3cnccc23)cc(OC)c1. The molecule has 118 valence electrons. The highest BCUT2D eigenvalue weighted by molar-refractivity contribution is 5.88. The maximum absolute atomic E-state index is 5.32. The molecule has 2 heterocycles. The van der Waals surface area contributed by atoms with Gasteiger partial charge in [0.05, 0.1) is 25.9 Å². The van der Waals surface area contributed by atoms with Gasteiger partial charge in [-0.1, -0.05) is 0 Å². The van der Waals surface area contributed by atoms with Crippen LogP contribution in [0.4, 0.5) is 5.82 Å². The second-order valence-electron chi connectivity index (χ2n) is 5.17. The van der Waals surface area contributed by atoms with Gasteiger partial charge in [-0.3, -0.25) is 4.98 Å². The molecule has 0 atom stereocenters. The highest BCUT2D eigenvalue weighted by Gasteiger charge is 2.10. The van der Waals surface area contributed by atoms with Gasteiger partial charge in [-0.15, -0.1) is 0 Å². The number of methoxy groups -OCH3 is 2. The molecule has 0 amide bonds. The summed E-state index contributed by atoms with van der Waals surface area (Å²) in [7, 11) is 5.29. The van der Waals surface area contributed by atoms with Gasteiger partial charge in [0.1, 0.15) is 23.6 Å². The minimum Gasteiger partial charge on any atom is -0.497 e. The highest BCUT2D eigenvalue weighted by Crippen LogP contribution is 2.26. The molecule has 0 aliphatic carbocycles. The van der Waals surface area contributed by atoms with Gasteiger partial charge in [-0.05, 0) is 23.8 Å². The lowest BCUT2D eigenvalue weighted by Crippen LogP contribution is -2.18. The molecule has 0 saturated carbocycles. The Morgan fingerprint density at radius 1 is 1.04 bits per heavy atom. The Hall–Kier alpha value is -2.89. The van der Waals surface area contributed by atoms with E-state index in [0.29, 0.717) is 6.54 Å². The van der Waals surface area contributed by atoms with E-state index in [1.165, 1.54) is 0 Å². The van der Waals surface area contributed by atoms with Crippen LogP contribution in [0.2, 0.25) is 0 Å². The lowest BCUT2D eigenvalue weighted by atomic mass is 10.2. The van der Waals surface area contributed by atoms with Crippen LogP contribution < -0.4 is 14.4 Å². The summed E-state index contributed by atoms with van der Waals surface area (Å²) in [6.45, 7) is 0.669. The molecule has 0 aliphatic rings. The largest absolute Gasteiger partial charge is 0.497 e. The van der Waals surface area contributed by atoms with Crippen LogP contribution in [0.15, 0.2) is 43.0 Å². The summed E-state index contributed by atoms with van der Waals surface area (Å²) in [6.07, 6.45) is 5.04. The summed E-state index contributed by atoms with van der Waals surface area (Å²) in [5.41, 5.74) is 1.90. The molecule has 3 rings (SSSR count). The van der Waals surface area contributed by atoms with Crippen LogP contribution in [0.25, 0.3) is 10.9 Å². The van der Waals surface area contributed by atoms with E-state index >= 15 is 0 Å². The van der Waals surface area contributed by atoms with Crippen molar-refractivity contribution in [1.29, 1.82) is 0 Å². The van der Waals surface area contributed by atoms with Crippen molar-refractivity contribution in [3.05, 3.63) is 48.5 Å². The standard InChI is InChI=1S/C17H18N4O2/c1-21(10-12-6-13(22-2)8-14(7-12)23-3)17-15-4-5-18-9-16(15)19-11-20-17/h4-9,11H,10H2,1-3H3. The molecule has 0 spiro atoms. The Morgan fingerprint density at radius 2 is 1.78 bits per heavy atom. The number of nitrogens with zero attached hydrogens (tertiary/aromatic N) is 4. The lowest BCUT2D eigenvalue weighted by Gasteiger charge is -2.20.